The Bertz CT molecular complexity index is 1140. The number of aromatic nitrogens is 2. The predicted molar refractivity (Wildman–Crippen MR) is 141 cm³/mol. The zero-order chi connectivity index (χ0) is 24.6. The van der Waals surface area contributed by atoms with Gasteiger partial charge in [0.1, 0.15) is 5.75 Å². The van der Waals surface area contributed by atoms with Crippen molar-refractivity contribution in [2.75, 3.05) is 25.0 Å². The first-order valence-electron chi connectivity index (χ1n) is 12.7. The summed E-state index contributed by atoms with van der Waals surface area (Å²) in [6, 6.07) is 18.6. The molecule has 3 aromatic rings. The summed E-state index contributed by atoms with van der Waals surface area (Å²) in [4.78, 5) is 25.3. The standard InChI is InChI=1S/C28H37N5O2/c1-4-26(35-23-14-10-13-22(17-23)19-32(5-2)6-3)30-28-29-25-15-16-33(20-24(25)27(34)31-28)18-21-11-8-7-9-12-21/h7-14,17,26H,4-6,15-16,18-20H2,1-3H3,(H2,29,30,31,34). The van der Waals surface area contributed by atoms with E-state index in [1.165, 1.54) is 11.1 Å². The Morgan fingerprint density at radius 2 is 1.86 bits per heavy atom. The van der Waals surface area contributed by atoms with E-state index >= 15 is 0 Å². The van der Waals surface area contributed by atoms with Gasteiger partial charge in [0.05, 0.1) is 11.3 Å². The molecule has 1 atom stereocenters. The molecule has 0 aliphatic carbocycles. The lowest BCUT2D eigenvalue weighted by molar-refractivity contribution is 0.223. The number of benzene rings is 2. The van der Waals surface area contributed by atoms with E-state index in [0.29, 0.717) is 12.5 Å². The van der Waals surface area contributed by atoms with E-state index in [1.807, 2.05) is 30.3 Å². The van der Waals surface area contributed by atoms with E-state index < -0.39 is 0 Å². The van der Waals surface area contributed by atoms with Crippen LogP contribution < -0.4 is 15.6 Å². The number of fused-ring (bicyclic) bond motifs is 1. The first-order valence-corrected chi connectivity index (χ1v) is 12.7. The second-order valence-corrected chi connectivity index (χ2v) is 9.05. The smallest absolute Gasteiger partial charge is 0.257 e. The van der Waals surface area contributed by atoms with Crippen molar-refractivity contribution < 1.29 is 4.74 Å². The maximum absolute atomic E-state index is 12.9. The normalized spacial score (nSPS) is 14.5. The minimum absolute atomic E-state index is 0.0775. The Morgan fingerprint density at radius 3 is 2.60 bits per heavy atom. The Labute approximate surface area is 208 Å². The Balaban J connectivity index is 1.41. The minimum atomic E-state index is -0.293. The summed E-state index contributed by atoms with van der Waals surface area (Å²) in [5.41, 5.74) is 4.03. The highest BCUT2D eigenvalue weighted by Gasteiger charge is 2.22. The fourth-order valence-corrected chi connectivity index (χ4v) is 4.48. The van der Waals surface area contributed by atoms with Gasteiger partial charge in [-0.05, 0) is 36.3 Å². The van der Waals surface area contributed by atoms with E-state index in [9.17, 15) is 4.79 Å². The van der Waals surface area contributed by atoms with Gasteiger partial charge in [-0.15, -0.1) is 0 Å². The van der Waals surface area contributed by atoms with Gasteiger partial charge in [-0.2, -0.15) is 0 Å². The highest BCUT2D eigenvalue weighted by atomic mass is 16.5. The number of H-pyrrole nitrogens is 1. The van der Waals surface area contributed by atoms with Crippen LogP contribution in [0, 0.1) is 0 Å². The zero-order valence-electron chi connectivity index (χ0n) is 21.1. The molecule has 35 heavy (non-hydrogen) atoms. The predicted octanol–water partition coefficient (Wildman–Crippen LogP) is 4.40. The van der Waals surface area contributed by atoms with Crippen LogP contribution in [0.25, 0.3) is 0 Å². The molecule has 2 heterocycles. The number of ether oxygens (including phenoxy) is 1. The highest BCUT2D eigenvalue weighted by Crippen LogP contribution is 2.20. The number of rotatable bonds is 11. The van der Waals surface area contributed by atoms with Crippen LogP contribution >= 0.6 is 0 Å². The lowest BCUT2D eigenvalue weighted by Crippen LogP contribution is -2.36. The summed E-state index contributed by atoms with van der Waals surface area (Å²) < 4.78 is 6.22. The number of aromatic amines is 1. The molecule has 4 rings (SSSR count). The average Bonchev–Trinajstić information content (AvgIpc) is 2.88. The SMILES string of the molecule is CCC(Nc1nc2c(c(=O)[nH]1)CN(Cc1ccccc1)CC2)Oc1cccc(CN(CC)CC)c1. The summed E-state index contributed by atoms with van der Waals surface area (Å²) in [6.07, 6.45) is 1.19. The van der Waals surface area contributed by atoms with Crippen molar-refractivity contribution in [3.63, 3.8) is 0 Å². The van der Waals surface area contributed by atoms with Crippen molar-refractivity contribution in [2.45, 2.75) is 59.5 Å². The van der Waals surface area contributed by atoms with Crippen molar-refractivity contribution in [1.82, 2.24) is 19.8 Å². The zero-order valence-corrected chi connectivity index (χ0v) is 21.1. The number of hydrogen-bond acceptors (Lipinski definition) is 6. The number of nitrogens with one attached hydrogen (secondary N) is 2. The lowest BCUT2D eigenvalue weighted by atomic mass is 10.1. The summed E-state index contributed by atoms with van der Waals surface area (Å²) in [5, 5.41) is 3.29. The van der Waals surface area contributed by atoms with Gasteiger partial charge in [0, 0.05) is 39.0 Å². The maximum Gasteiger partial charge on any atom is 0.257 e. The number of nitrogens with zero attached hydrogens (tertiary/aromatic N) is 3. The van der Waals surface area contributed by atoms with Crippen LogP contribution in [0.3, 0.4) is 0 Å². The van der Waals surface area contributed by atoms with Gasteiger partial charge in [0.15, 0.2) is 6.23 Å². The molecule has 0 spiro atoms. The largest absolute Gasteiger partial charge is 0.471 e. The lowest BCUT2D eigenvalue weighted by Gasteiger charge is -2.28. The molecule has 1 unspecified atom stereocenters. The van der Waals surface area contributed by atoms with E-state index in [1.54, 1.807) is 0 Å². The van der Waals surface area contributed by atoms with Crippen LogP contribution in [0.4, 0.5) is 5.95 Å². The van der Waals surface area contributed by atoms with E-state index in [2.05, 4.69) is 65.1 Å². The molecule has 7 nitrogen and oxygen atoms in total. The van der Waals surface area contributed by atoms with E-state index in [4.69, 9.17) is 9.72 Å². The fourth-order valence-electron chi connectivity index (χ4n) is 4.48. The molecule has 7 heteroatoms. The third-order valence-corrected chi connectivity index (χ3v) is 6.54. The average molecular weight is 476 g/mol. The molecule has 0 amide bonds. The van der Waals surface area contributed by atoms with Crippen molar-refractivity contribution in [3.05, 3.63) is 87.3 Å². The van der Waals surface area contributed by atoms with Crippen molar-refractivity contribution in [2.24, 2.45) is 0 Å². The fraction of sp³-hybridized carbons (Fsp3) is 0.429. The monoisotopic (exact) mass is 475 g/mol. The molecular weight excluding hydrogens is 438 g/mol. The van der Waals surface area contributed by atoms with Gasteiger partial charge >= 0.3 is 0 Å². The molecule has 1 aliphatic heterocycles. The topological polar surface area (TPSA) is 73.5 Å². The molecule has 2 N–H and O–H groups in total. The number of anilines is 1. The van der Waals surface area contributed by atoms with Crippen molar-refractivity contribution >= 4 is 5.95 Å². The van der Waals surface area contributed by atoms with Gasteiger partial charge in [-0.3, -0.25) is 19.6 Å². The summed E-state index contributed by atoms with van der Waals surface area (Å²) >= 11 is 0. The van der Waals surface area contributed by atoms with Crippen LogP contribution in [0.1, 0.15) is 49.6 Å². The molecule has 1 aliphatic rings. The first-order chi connectivity index (χ1) is 17.1. The quantitative estimate of drug-likeness (QED) is 0.401. The second kappa shape index (κ2) is 12.0. The Hall–Kier alpha value is -3.16. The molecule has 186 valence electrons. The molecule has 0 saturated heterocycles. The van der Waals surface area contributed by atoms with Gasteiger partial charge in [0.2, 0.25) is 5.95 Å². The Kier molecular flexibility index (Phi) is 8.55. The molecule has 0 fully saturated rings. The summed E-state index contributed by atoms with van der Waals surface area (Å²) in [7, 11) is 0. The highest BCUT2D eigenvalue weighted by molar-refractivity contribution is 5.33. The molecule has 2 aromatic carbocycles. The van der Waals surface area contributed by atoms with Crippen LogP contribution in [0.5, 0.6) is 5.75 Å². The molecule has 0 radical (unpaired) electrons. The summed E-state index contributed by atoms with van der Waals surface area (Å²) in [6.45, 7) is 11.7. The maximum atomic E-state index is 12.9. The van der Waals surface area contributed by atoms with Gasteiger partial charge in [-0.1, -0.05) is 63.2 Å². The molecule has 0 bridgehead atoms. The molecule has 0 saturated carbocycles. The molecular formula is C28H37N5O2. The van der Waals surface area contributed by atoms with E-state index in [0.717, 1.165) is 62.6 Å². The van der Waals surface area contributed by atoms with Crippen molar-refractivity contribution in [1.29, 1.82) is 0 Å². The first kappa shape index (κ1) is 24.9. The third-order valence-electron chi connectivity index (χ3n) is 6.54. The van der Waals surface area contributed by atoms with Gasteiger partial charge in [-0.25, -0.2) is 4.98 Å². The van der Waals surface area contributed by atoms with Crippen molar-refractivity contribution in [3.8, 4) is 5.75 Å². The van der Waals surface area contributed by atoms with Crippen LogP contribution in [-0.4, -0.2) is 45.6 Å². The number of hydrogen-bond donors (Lipinski definition) is 2. The van der Waals surface area contributed by atoms with Gasteiger partial charge in [0.25, 0.3) is 5.56 Å². The third kappa shape index (κ3) is 6.71. The van der Waals surface area contributed by atoms with Crippen LogP contribution in [-0.2, 0) is 26.1 Å². The van der Waals surface area contributed by atoms with Gasteiger partial charge < -0.3 is 10.1 Å². The van der Waals surface area contributed by atoms with Crippen LogP contribution in [0.2, 0.25) is 0 Å². The second-order valence-electron chi connectivity index (χ2n) is 9.05. The molecule has 1 aromatic heterocycles. The van der Waals surface area contributed by atoms with Crippen LogP contribution in [0.15, 0.2) is 59.4 Å². The Morgan fingerprint density at radius 1 is 1.09 bits per heavy atom. The minimum Gasteiger partial charge on any atom is -0.471 e. The summed E-state index contributed by atoms with van der Waals surface area (Å²) in [5.74, 6) is 1.28. The van der Waals surface area contributed by atoms with E-state index in [-0.39, 0.29) is 11.8 Å².